The Labute approximate surface area is 120 Å². The lowest BCUT2D eigenvalue weighted by molar-refractivity contribution is 0.0343. The van der Waals surface area contributed by atoms with Crippen molar-refractivity contribution >= 4 is 26.8 Å². The van der Waals surface area contributed by atoms with Crippen molar-refractivity contribution in [1.82, 2.24) is 4.98 Å². The Morgan fingerprint density at radius 3 is 2.79 bits per heavy atom. The molecule has 0 radical (unpaired) electrons. The van der Waals surface area contributed by atoms with E-state index in [2.05, 4.69) is 20.9 Å². The van der Waals surface area contributed by atoms with Gasteiger partial charge < -0.3 is 15.2 Å². The van der Waals surface area contributed by atoms with E-state index >= 15 is 0 Å². The topological polar surface area (TPSA) is 56.2 Å². The molecule has 0 aliphatic heterocycles. The summed E-state index contributed by atoms with van der Waals surface area (Å²) in [5.41, 5.74) is 4.65. The lowest BCUT2D eigenvalue weighted by Gasteiger charge is -2.16. The van der Waals surface area contributed by atoms with Crippen molar-refractivity contribution in [2.45, 2.75) is 37.9 Å². The van der Waals surface area contributed by atoms with Gasteiger partial charge in [-0.1, -0.05) is 22.0 Å². The van der Waals surface area contributed by atoms with Gasteiger partial charge in [0.1, 0.15) is 6.10 Å². The van der Waals surface area contributed by atoms with E-state index in [0.29, 0.717) is 5.33 Å². The van der Waals surface area contributed by atoms with Crippen LogP contribution in [-0.2, 0) is 12.8 Å². The van der Waals surface area contributed by atoms with Gasteiger partial charge in [-0.15, -0.1) is 0 Å². The summed E-state index contributed by atoms with van der Waals surface area (Å²) in [4.78, 5) is 3.47. The van der Waals surface area contributed by atoms with Crippen molar-refractivity contribution in [2.24, 2.45) is 0 Å². The van der Waals surface area contributed by atoms with Crippen LogP contribution in [0.1, 0.15) is 35.8 Å². The van der Waals surface area contributed by atoms with Crippen LogP contribution in [0.5, 0.6) is 0 Å². The van der Waals surface area contributed by atoms with Gasteiger partial charge in [-0.05, 0) is 48.9 Å². The number of fused-ring (bicyclic) bond motifs is 3. The van der Waals surface area contributed by atoms with E-state index in [1.807, 2.05) is 18.2 Å². The smallest absolute Gasteiger partial charge is 0.106 e. The van der Waals surface area contributed by atoms with E-state index in [4.69, 9.17) is 0 Å². The van der Waals surface area contributed by atoms with Crippen LogP contribution < -0.4 is 0 Å². The van der Waals surface area contributed by atoms with Crippen molar-refractivity contribution in [3.05, 3.63) is 35.0 Å². The number of aromatic amines is 1. The highest BCUT2D eigenvalue weighted by atomic mass is 79.9. The molecule has 1 aromatic heterocycles. The summed E-state index contributed by atoms with van der Waals surface area (Å²) < 4.78 is 0. The predicted molar refractivity (Wildman–Crippen MR) is 79.7 cm³/mol. The van der Waals surface area contributed by atoms with E-state index in [0.717, 1.165) is 23.9 Å². The lowest BCUT2D eigenvalue weighted by atomic mass is 9.94. The Morgan fingerprint density at radius 1 is 1.21 bits per heavy atom. The van der Waals surface area contributed by atoms with E-state index in [-0.39, 0.29) is 0 Å². The first-order valence-electron chi connectivity index (χ1n) is 6.76. The Morgan fingerprint density at radius 2 is 2.00 bits per heavy atom. The fourth-order valence-corrected chi connectivity index (χ4v) is 3.27. The zero-order valence-corrected chi connectivity index (χ0v) is 12.3. The Kier molecular flexibility index (Phi) is 3.65. The molecule has 2 unspecified atom stereocenters. The molecule has 1 aliphatic carbocycles. The number of hydrogen-bond donors (Lipinski definition) is 3. The number of H-pyrrole nitrogens is 1. The molecule has 3 N–H and O–H groups in total. The number of hydrogen-bond acceptors (Lipinski definition) is 2. The lowest BCUT2D eigenvalue weighted by Crippen LogP contribution is -2.19. The van der Waals surface area contributed by atoms with Crippen LogP contribution in [-0.4, -0.2) is 26.6 Å². The van der Waals surface area contributed by atoms with Crippen LogP contribution in [0, 0.1) is 0 Å². The van der Waals surface area contributed by atoms with Gasteiger partial charge in [-0.3, -0.25) is 0 Å². The molecule has 0 saturated carbocycles. The average molecular weight is 324 g/mol. The van der Waals surface area contributed by atoms with Gasteiger partial charge in [0.15, 0.2) is 0 Å². The highest BCUT2D eigenvalue weighted by molar-refractivity contribution is 9.09. The van der Waals surface area contributed by atoms with Gasteiger partial charge in [0.2, 0.25) is 0 Å². The summed E-state index contributed by atoms with van der Waals surface area (Å²) in [6.45, 7) is 0. The van der Waals surface area contributed by atoms with Crippen molar-refractivity contribution in [1.29, 1.82) is 0 Å². The molecule has 2 atom stereocenters. The molecule has 2 aromatic rings. The normalized spacial score (nSPS) is 18.3. The third-order valence-corrected chi connectivity index (χ3v) is 4.65. The third-order valence-electron chi connectivity index (χ3n) is 3.99. The minimum absolute atomic E-state index is 0.372. The molecule has 1 aliphatic rings. The third kappa shape index (κ3) is 2.33. The summed E-state index contributed by atoms with van der Waals surface area (Å²) in [5, 5.41) is 21.4. The van der Waals surface area contributed by atoms with Crippen LogP contribution in [0.4, 0.5) is 0 Å². The SMILES string of the molecule is OC(CBr)C(O)c1ccc2[nH]c3c(c2c1)CCCC3. The summed E-state index contributed by atoms with van der Waals surface area (Å²) in [6.07, 6.45) is 3.10. The second-order valence-electron chi connectivity index (χ2n) is 5.26. The van der Waals surface area contributed by atoms with Crippen molar-refractivity contribution in [3.8, 4) is 0 Å². The number of alkyl halides is 1. The van der Waals surface area contributed by atoms with Crippen molar-refractivity contribution in [3.63, 3.8) is 0 Å². The molecule has 3 rings (SSSR count). The number of aromatic nitrogens is 1. The zero-order valence-electron chi connectivity index (χ0n) is 10.7. The summed E-state index contributed by atoms with van der Waals surface area (Å²) in [6, 6.07) is 5.92. The largest absolute Gasteiger partial charge is 0.389 e. The van der Waals surface area contributed by atoms with E-state index in [1.54, 1.807) is 0 Å². The quantitative estimate of drug-likeness (QED) is 0.761. The minimum Gasteiger partial charge on any atom is -0.389 e. The molecular formula is C15H18BrNO2. The van der Waals surface area contributed by atoms with Crippen LogP contribution in [0.3, 0.4) is 0 Å². The predicted octanol–water partition coefficient (Wildman–Crippen LogP) is 2.84. The monoisotopic (exact) mass is 323 g/mol. The van der Waals surface area contributed by atoms with Gasteiger partial charge in [0.25, 0.3) is 0 Å². The maximum Gasteiger partial charge on any atom is 0.106 e. The first-order valence-corrected chi connectivity index (χ1v) is 7.88. The highest BCUT2D eigenvalue weighted by Gasteiger charge is 2.20. The molecule has 4 heteroatoms. The Bertz CT molecular complexity index is 593. The molecule has 0 bridgehead atoms. The molecule has 1 heterocycles. The van der Waals surface area contributed by atoms with Crippen molar-refractivity contribution < 1.29 is 10.2 Å². The van der Waals surface area contributed by atoms with Crippen LogP contribution in [0.25, 0.3) is 10.9 Å². The Hall–Kier alpha value is -0.840. The highest BCUT2D eigenvalue weighted by Crippen LogP contribution is 2.31. The van der Waals surface area contributed by atoms with Gasteiger partial charge in [-0.25, -0.2) is 0 Å². The first-order chi connectivity index (χ1) is 9.20. The maximum absolute atomic E-state index is 10.1. The standard InChI is InChI=1S/C15H18BrNO2/c16-8-14(18)15(19)9-5-6-13-11(7-9)10-3-1-2-4-12(10)17-13/h5-7,14-15,17-19H,1-4,8H2. The van der Waals surface area contributed by atoms with Gasteiger partial charge >= 0.3 is 0 Å². The molecular weight excluding hydrogens is 306 g/mol. The molecule has 0 fully saturated rings. The number of halogens is 1. The number of aliphatic hydroxyl groups excluding tert-OH is 2. The fraction of sp³-hybridized carbons (Fsp3) is 0.467. The molecule has 19 heavy (non-hydrogen) atoms. The van der Waals surface area contributed by atoms with Gasteiger partial charge in [-0.2, -0.15) is 0 Å². The van der Waals surface area contributed by atoms with Crippen LogP contribution in [0.2, 0.25) is 0 Å². The molecule has 0 amide bonds. The number of rotatable bonds is 3. The molecule has 3 nitrogen and oxygen atoms in total. The average Bonchev–Trinajstić information content (AvgIpc) is 2.83. The van der Waals surface area contributed by atoms with Gasteiger partial charge in [0.05, 0.1) is 6.10 Å². The number of aliphatic hydroxyl groups is 2. The summed E-state index contributed by atoms with van der Waals surface area (Å²) in [5.74, 6) is 0. The van der Waals surface area contributed by atoms with E-state index < -0.39 is 12.2 Å². The zero-order chi connectivity index (χ0) is 13.4. The minimum atomic E-state index is -0.835. The maximum atomic E-state index is 10.1. The second kappa shape index (κ2) is 5.27. The van der Waals surface area contributed by atoms with E-state index in [1.165, 1.54) is 29.5 Å². The van der Waals surface area contributed by atoms with Crippen LogP contribution >= 0.6 is 15.9 Å². The molecule has 1 aromatic carbocycles. The first kappa shape index (κ1) is 13.2. The number of aryl methyl sites for hydroxylation is 2. The summed E-state index contributed by atoms with van der Waals surface area (Å²) >= 11 is 3.20. The molecule has 0 saturated heterocycles. The fourth-order valence-electron chi connectivity index (χ4n) is 2.91. The second-order valence-corrected chi connectivity index (χ2v) is 5.91. The van der Waals surface area contributed by atoms with Crippen LogP contribution in [0.15, 0.2) is 18.2 Å². The number of nitrogens with one attached hydrogen (secondary N) is 1. The molecule has 102 valence electrons. The van der Waals surface area contributed by atoms with E-state index in [9.17, 15) is 10.2 Å². The van der Waals surface area contributed by atoms with Crippen molar-refractivity contribution in [2.75, 3.05) is 5.33 Å². The molecule has 0 spiro atoms. The Balaban J connectivity index is 2.04. The summed E-state index contributed by atoms with van der Waals surface area (Å²) in [7, 11) is 0. The number of benzene rings is 1. The van der Waals surface area contributed by atoms with Gasteiger partial charge in [0, 0.05) is 21.9 Å².